The summed E-state index contributed by atoms with van der Waals surface area (Å²) in [5.41, 5.74) is 2.33. The maximum absolute atomic E-state index is 12.5. The van der Waals surface area contributed by atoms with Gasteiger partial charge in [0.2, 0.25) is 5.91 Å². The van der Waals surface area contributed by atoms with E-state index in [0.29, 0.717) is 30.0 Å². The Morgan fingerprint density at radius 3 is 2.17 bits per heavy atom. The summed E-state index contributed by atoms with van der Waals surface area (Å²) in [4.78, 5) is 40.5. The van der Waals surface area contributed by atoms with Crippen molar-refractivity contribution >= 4 is 17.7 Å². The van der Waals surface area contributed by atoms with Crippen molar-refractivity contribution in [3.05, 3.63) is 71.3 Å². The molecule has 3 amide bonds. The lowest BCUT2D eigenvalue weighted by molar-refractivity contribution is -0.130. The Labute approximate surface area is 177 Å². The number of imide groups is 1. The largest absolute Gasteiger partial charge is 0.342 e. The van der Waals surface area contributed by atoms with Crippen molar-refractivity contribution in [1.82, 2.24) is 9.80 Å². The van der Waals surface area contributed by atoms with Crippen molar-refractivity contribution in [2.75, 3.05) is 19.6 Å². The first-order valence-corrected chi connectivity index (χ1v) is 10.9. The average Bonchev–Trinajstić information content (AvgIpc) is 3.36. The number of hydrogen-bond donors (Lipinski definition) is 0. The van der Waals surface area contributed by atoms with Gasteiger partial charge in [-0.15, -0.1) is 0 Å². The Morgan fingerprint density at radius 2 is 1.47 bits per heavy atom. The van der Waals surface area contributed by atoms with Crippen LogP contribution in [0.2, 0.25) is 0 Å². The highest BCUT2D eigenvalue weighted by Gasteiger charge is 2.34. The van der Waals surface area contributed by atoms with Crippen molar-refractivity contribution < 1.29 is 14.4 Å². The van der Waals surface area contributed by atoms with Crippen LogP contribution < -0.4 is 0 Å². The number of unbranched alkanes of at least 4 members (excludes halogenated alkanes) is 3. The van der Waals surface area contributed by atoms with Crippen LogP contribution in [-0.4, -0.2) is 47.2 Å². The molecule has 2 heterocycles. The Kier molecular flexibility index (Phi) is 6.26. The third-order valence-electron chi connectivity index (χ3n) is 6.21. The smallest absolute Gasteiger partial charge is 0.261 e. The van der Waals surface area contributed by atoms with Crippen molar-refractivity contribution in [2.24, 2.45) is 0 Å². The maximum atomic E-state index is 12.5. The predicted octanol–water partition coefficient (Wildman–Crippen LogP) is 4.25. The number of rotatable bonds is 8. The minimum atomic E-state index is -0.187. The van der Waals surface area contributed by atoms with E-state index >= 15 is 0 Å². The van der Waals surface area contributed by atoms with Gasteiger partial charge in [-0.1, -0.05) is 55.3 Å². The number of likely N-dealkylation sites (tertiary alicyclic amines) is 1. The van der Waals surface area contributed by atoms with Crippen LogP contribution >= 0.6 is 0 Å². The molecule has 0 unspecified atom stereocenters. The molecule has 0 radical (unpaired) electrons. The summed E-state index contributed by atoms with van der Waals surface area (Å²) in [5, 5.41) is 0. The molecule has 156 valence electrons. The molecule has 2 aromatic rings. The van der Waals surface area contributed by atoms with Crippen LogP contribution in [0.15, 0.2) is 54.6 Å². The zero-order valence-electron chi connectivity index (χ0n) is 17.3. The lowest BCUT2D eigenvalue weighted by Gasteiger charge is -2.17. The monoisotopic (exact) mass is 404 g/mol. The van der Waals surface area contributed by atoms with E-state index in [1.807, 2.05) is 11.0 Å². The minimum absolute atomic E-state index is 0.187. The van der Waals surface area contributed by atoms with Crippen LogP contribution in [0.5, 0.6) is 0 Å². The van der Waals surface area contributed by atoms with Gasteiger partial charge in [-0.2, -0.15) is 0 Å². The summed E-state index contributed by atoms with van der Waals surface area (Å²) in [6, 6.07) is 17.4. The van der Waals surface area contributed by atoms with E-state index in [4.69, 9.17) is 0 Å². The van der Waals surface area contributed by atoms with E-state index in [1.54, 1.807) is 24.3 Å². The van der Waals surface area contributed by atoms with Crippen molar-refractivity contribution in [3.8, 4) is 0 Å². The third kappa shape index (κ3) is 4.30. The molecule has 0 bridgehead atoms. The second kappa shape index (κ2) is 9.24. The third-order valence-corrected chi connectivity index (χ3v) is 6.21. The molecular weight excluding hydrogens is 376 g/mol. The Bertz CT molecular complexity index is 890. The molecule has 0 aromatic heterocycles. The SMILES string of the molecule is O=C(CCCCCCN1C(=O)c2ccccc2C1=O)N1CC[C@H](c2ccccc2)C1. The summed E-state index contributed by atoms with van der Waals surface area (Å²) >= 11 is 0. The van der Waals surface area contributed by atoms with E-state index in [-0.39, 0.29) is 17.7 Å². The highest BCUT2D eigenvalue weighted by molar-refractivity contribution is 6.21. The average molecular weight is 405 g/mol. The van der Waals surface area contributed by atoms with E-state index in [0.717, 1.165) is 45.2 Å². The first kappa shape index (κ1) is 20.3. The van der Waals surface area contributed by atoms with Gasteiger partial charge in [0.05, 0.1) is 11.1 Å². The van der Waals surface area contributed by atoms with Gasteiger partial charge in [-0.25, -0.2) is 0 Å². The molecule has 0 saturated carbocycles. The lowest BCUT2D eigenvalue weighted by Crippen LogP contribution is -2.30. The fourth-order valence-electron chi connectivity index (χ4n) is 4.48. The second-order valence-corrected chi connectivity index (χ2v) is 8.21. The summed E-state index contributed by atoms with van der Waals surface area (Å²) in [7, 11) is 0. The highest BCUT2D eigenvalue weighted by Crippen LogP contribution is 2.27. The summed E-state index contributed by atoms with van der Waals surface area (Å²) in [6.07, 6.45) is 5.09. The van der Waals surface area contributed by atoms with Crippen LogP contribution in [0, 0.1) is 0 Å². The number of fused-ring (bicyclic) bond motifs is 1. The molecule has 5 nitrogen and oxygen atoms in total. The Balaban J connectivity index is 1.13. The summed E-state index contributed by atoms with van der Waals surface area (Å²) in [6.45, 7) is 2.12. The minimum Gasteiger partial charge on any atom is -0.342 e. The molecule has 1 fully saturated rings. The fraction of sp³-hybridized carbons (Fsp3) is 0.400. The van der Waals surface area contributed by atoms with E-state index in [9.17, 15) is 14.4 Å². The highest BCUT2D eigenvalue weighted by atomic mass is 16.2. The topological polar surface area (TPSA) is 57.7 Å². The van der Waals surface area contributed by atoms with Crippen molar-refractivity contribution in [3.63, 3.8) is 0 Å². The molecule has 5 heteroatoms. The Hall–Kier alpha value is -2.95. The maximum Gasteiger partial charge on any atom is 0.261 e. The molecule has 30 heavy (non-hydrogen) atoms. The van der Waals surface area contributed by atoms with Gasteiger partial charge >= 0.3 is 0 Å². The number of hydrogen-bond acceptors (Lipinski definition) is 3. The van der Waals surface area contributed by atoms with E-state index in [2.05, 4.69) is 24.3 Å². The Morgan fingerprint density at radius 1 is 0.833 bits per heavy atom. The van der Waals surface area contributed by atoms with Gasteiger partial charge in [0, 0.05) is 32.0 Å². The molecule has 0 spiro atoms. The molecule has 4 rings (SSSR count). The first-order chi connectivity index (χ1) is 14.6. The molecule has 2 aliphatic heterocycles. The quantitative estimate of drug-likeness (QED) is 0.488. The number of nitrogens with zero attached hydrogens (tertiary/aromatic N) is 2. The zero-order valence-corrected chi connectivity index (χ0v) is 17.3. The van der Waals surface area contributed by atoms with Gasteiger partial charge < -0.3 is 4.90 Å². The molecular formula is C25H28N2O3. The molecule has 1 atom stereocenters. The van der Waals surface area contributed by atoms with Crippen LogP contribution in [-0.2, 0) is 4.79 Å². The number of carbonyl (C=O) groups is 3. The van der Waals surface area contributed by atoms with Crippen molar-refractivity contribution in [2.45, 2.75) is 44.4 Å². The van der Waals surface area contributed by atoms with Crippen LogP contribution in [0.1, 0.15) is 70.7 Å². The van der Waals surface area contributed by atoms with Gasteiger partial charge in [-0.3, -0.25) is 19.3 Å². The molecule has 2 aromatic carbocycles. The van der Waals surface area contributed by atoms with E-state index in [1.165, 1.54) is 10.5 Å². The zero-order chi connectivity index (χ0) is 20.9. The van der Waals surface area contributed by atoms with Crippen LogP contribution in [0.25, 0.3) is 0 Å². The lowest BCUT2D eigenvalue weighted by atomic mass is 9.99. The number of benzene rings is 2. The van der Waals surface area contributed by atoms with Crippen LogP contribution in [0.3, 0.4) is 0 Å². The van der Waals surface area contributed by atoms with Gasteiger partial charge in [0.15, 0.2) is 0 Å². The molecule has 2 aliphatic rings. The summed E-state index contributed by atoms with van der Waals surface area (Å²) in [5.74, 6) is 0.323. The predicted molar refractivity (Wildman–Crippen MR) is 115 cm³/mol. The normalized spacial score (nSPS) is 18.2. The molecule has 0 aliphatic carbocycles. The van der Waals surface area contributed by atoms with Gasteiger partial charge in [0.1, 0.15) is 0 Å². The van der Waals surface area contributed by atoms with Crippen LogP contribution in [0.4, 0.5) is 0 Å². The summed E-state index contributed by atoms with van der Waals surface area (Å²) < 4.78 is 0. The fourth-order valence-corrected chi connectivity index (χ4v) is 4.48. The van der Waals surface area contributed by atoms with Gasteiger partial charge in [-0.05, 0) is 37.0 Å². The molecule has 1 saturated heterocycles. The molecule has 0 N–H and O–H groups in total. The van der Waals surface area contributed by atoms with Gasteiger partial charge in [0.25, 0.3) is 11.8 Å². The number of amides is 3. The standard InChI is InChI=1S/C25H28N2O3/c28-23(26-17-15-20(18-26)19-10-4-3-5-11-19)14-6-1-2-9-16-27-24(29)21-12-7-8-13-22(21)25(27)30/h3-5,7-8,10-13,20H,1-2,6,9,14-18H2/t20-/m0/s1. The van der Waals surface area contributed by atoms with Crippen molar-refractivity contribution in [1.29, 1.82) is 0 Å². The van der Waals surface area contributed by atoms with E-state index < -0.39 is 0 Å². The number of carbonyl (C=O) groups excluding carboxylic acids is 3. The first-order valence-electron chi connectivity index (χ1n) is 10.9. The second-order valence-electron chi connectivity index (χ2n) is 8.21.